The van der Waals surface area contributed by atoms with E-state index in [1.165, 1.54) is 4.90 Å². The summed E-state index contributed by atoms with van der Waals surface area (Å²) < 4.78 is 0. The van der Waals surface area contributed by atoms with E-state index in [0.717, 1.165) is 11.8 Å². The van der Waals surface area contributed by atoms with Crippen molar-refractivity contribution < 1.29 is 14.7 Å². The predicted octanol–water partition coefficient (Wildman–Crippen LogP) is -0.189. The fraction of sp³-hybridized carbons (Fsp3) is 0.214. The lowest BCUT2D eigenvalue weighted by Crippen LogP contribution is -2.49. The largest absolute Gasteiger partial charge is 0.378 e. The van der Waals surface area contributed by atoms with Crippen molar-refractivity contribution in [3.63, 3.8) is 0 Å². The Hall–Kier alpha value is -2.30. The van der Waals surface area contributed by atoms with Crippen LogP contribution in [0.25, 0.3) is 0 Å². The summed E-state index contributed by atoms with van der Waals surface area (Å²) in [5, 5.41) is 9.92. The van der Waals surface area contributed by atoms with Crippen LogP contribution in [0, 0.1) is 12.3 Å². The van der Waals surface area contributed by atoms with E-state index in [1.807, 2.05) is 0 Å². The molecule has 0 spiro atoms. The second kappa shape index (κ2) is 4.62. The van der Waals surface area contributed by atoms with Crippen molar-refractivity contribution in [2.75, 3.05) is 11.4 Å². The molecule has 2 aliphatic rings. The van der Waals surface area contributed by atoms with Crippen molar-refractivity contribution in [2.24, 2.45) is 10.7 Å². The lowest BCUT2D eigenvalue weighted by molar-refractivity contribution is -0.140. The third-order valence-electron chi connectivity index (χ3n) is 3.49. The molecular formula is C14H11N3O3S. The van der Waals surface area contributed by atoms with Crippen molar-refractivity contribution in [1.82, 2.24) is 0 Å². The van der Waals surface area contributed by atoms with Gasteiger partial charge in [0.15, 0.2) is 10.8 Å². The molecule has 6 nitrogen and oxygen atoms in total. The second-order valence-electron chi connectivity index (χ2n) is 4.67. The van der Waals surface area contributed by atoms with Gasteiger partial charge in [0.25, 0.3) is 11.8 Å². The van der Waals surface area contributed by atoms with E-state index < -0.39 is 22.7 Å². The van der Waals surface area contributed by atoms with Gasteiger partial charge in [-0.25, -0.2) is 0 Å². The average Bonchev–Trinajstić information content (AvgIpc) is 2.91. The van der Waals surface area contributed by atoms with Crippen molar-refractivity contribution in [1.29, 1.82) is 0 Å². The Morgan fingerprint density at radius 3 is 2.81 bits per heavy atom. The standard InChI is InChI=1S/C14H11N3O3S/c1-2-7-17-9-6-4-3-5-8(9)14(20,12(17)19)10-11(18)16-13(15)21-10/h1,3-6,10,20H,7H2,(H2,15,16,18)/t10-,14+/m0/s1. The number of carbonyl (C=O) groups is 2. The van der Waals surface area contributed by atoms with E-state index >= 15 is 0 Å². The zero-order valence-corrected chi connectivity index (χ0v) is 11.6. The van der Waals surface area contributed by atoms with Crippen LogP contribution >= 0.6 is 11.8 Å². The molecule has 2 atom stereocenters. The molecule has 0 aliphatic carbocycles. The quantitative estimate of drug-likeness (QED) is 0.738. The van der Waals surface area contributed by atoms with E-state index in [1.54, 1.807) is 24.3 Å². The Balaban J connectivity index is 2.13. The molecule has 2 heterocycles. The number of terminal acetylenes is 1. The Morgan fingerprint density at radius 2 is 2.19 bits per heavy atom. The first-order valence-electron chi connectivity index (χ1n) is 6.12. The molecule has 3 rings (SSSR count). The molecule has 1 aromatic rings. The van der Waals surface area contributed by atoms with Gasteiger partial charge in [0, 0.05) is 5.56 Å². The molecule has 7 heteroatoms. The zero-order valence-electron chi connectivity index (χ0n) is 10.8. The molecule has 21 heavy (non-hydrogen) atoms. The van der Waals surface area contributed by atoms with Crippen molar-refractivity contribution in [3.8, 4) is 12.3 Å². The number of hydrogen-bond donors (Lipinski definition) is 2. The Bertz CT molecular complexity index is 724. The number of amides is 2. The molecule has 3 N–H and O–H groups in total. The minimum Gasteiger partial charge on any atom is -0.378 e. The first-order valence-corrected chi connectivity index (χ1v) is 7.00. The summed E-state index contributed by atoms with van der Waals surface area (Å²) >= 11 is 0.886. The number of para-hydroxylation sites is 1. The van der Waals surface area contributed by atoms with Crippen molar-refractivity contribution in [2.45, 2.75) is 10.9 Å². The van der Waals surface area contributed by atoms with Crippen molar-refractivity contribution >= 4 is 34.4 Å². The molecule has 1 aromatic carbocycles. The highest BCUT2D eigenvalue weighted by molar-refractivity contribution is 8.15. The third kappa shape index (κ3) is 1.77. The second-order valence-corrected chi connectivity index (χ2v) is 5.79. The molecule has 0 saturated carbocycles. The summed E-state index contributed by atoms with van der Waals surface area (Å²) in [6.45, 7) is 0.0140. The van der Waals surface area contributed by atoms with Gasteiger partial charge in [0.05, 0.1) is 12.2 Å². The fourth-order valence-electron chi connectivity index (χ4n) is 2.59. The lowest BCUT2D eigenvalue weighted by atomic mass is 9.91. The van der Waals surface area contributed by atoms with Crippen LogP contribution in [0.1, 0.15) is 5.56 Å². The maximum absolute atomic E-state index is 12.6. The number of carbonyl (C=O) groups excluding carboxylic acids is 2. The summed E-state index contributed by atoms with van der Waals surface area (Å²) in [5.41, 5.74) is 4.37. The van der Waals surface area contributed by atoms with Gasteiger partial charge in [-0.3, -0.25) is 14.5 Å². The summed E-state index contributed by atoms with van der Waals surface area (Å²) in [6, 6.07) is 6.70. The monoisotopic (exact) mass is 301 g/mol. The first kappa shape index (κ1) is 13.7. The maximum Gasteiger partial charge on any atom is 0.266 e. The van der Waals surface area contributed by atoms with Crippen molar-refractivity contribution in [3.05, 3.63) is 29.8 Å². The third-order valence-corrected chi connectivity index (χ3v) is 4.60. The van der Waals surface area contributed by atoms with Gasteiger partial charge in [0.1, 0.15) is 5.25 Å². The first-order chi connectivity index (χ1) is 10.00. The molecule has 0 unspecified atom stereocenters. The van der Waals surface area contributed by atoms with Crippen LogP contribution in [-0.2, 0) is 15.2 Å². The van der Waals surface area contributed by atoms with Gasteiger partial charge in [-0.2, -0.15) is 4.99 Å². The fourth-order valence-corrected chi connectivity index (χ4v) is 3.53. The zero-order chi connectivity index (χ0) is 15.2. The SMILES string of the molecule is C#CCN1C(=O)[C@](O)([C@H]2SC(N)=NC2=O)c2ccccc21. The summed E-state index contributed by atoms with van der Waals surface area (Å²) in [7, 11) is 0. The van der Waals surface area contributed by atoms with Crippen LogP contribution < -0.4 is 10.6 Å². The molecule has 0 bridgehead atoms. The number of rotatable bonds is 2. The molecule has 0 saturated heterocycles. The Morgan fingerprint density at radius 1 is 1.48 bits per heavy atom. The number of nitrogens with zero attached hydrogens (tertiary/aromatic N) is 2. The molecule has 2 aliphatic heterocycles. The molecule has 0 radical (unpaired) electrons. The van der Waals surface area contributed by atoms with Crippen LogP contribution in [0.4, 0.5) is 5.69 Å². The number of nitrogens with two attached hydrogens (primary N) is 1. The molecule has 0 aromatic heterocycles. The normalized spacial score (nSPS) is 27.5. The number of amidine groups is 1. The van der Waals surface area contributed by atoms with Crippen LogP contribution in [0.3, 0.4) is 0 Å². The van der Waals surface area contributed by atoms with E-state index in [9.17, 15) is 14.7 Å². The van der Waals surface area contributed by atoms with Gasteiger partial charge in [-0.05, 0) is 6.07 Å². The maximum atomic E-state index is 12.6. The lowest BCUT2D eigenvalue weighted by Gasteiger charge is -2.26. The summed E-state index contributed by atoms with van der Waals surface area (Å²) in [6.07, 6.45) is 5.28. The molecule has 0 fully saturated rings. The number of thioether (sulfide) groups is 1. The topological polar surface area (TPSA) is 96.0 Å². The molecule has 2 amide bonds. The van der Waals surface area contributed by atoms with Gasteiger partial charge < -0.3 is 10.8 Å². The van der Waals surface area contributed by atoms with Crippen LogP contribution in [0.5, 0.6) is 0 Å². The minimum atomic E-state index is -2.00. The Labute approximate surface area is 125 Å². The predicted molar refractivity (Wildman–Crippen MR) is 79.5 cm³/mol. The Kier molecular flexibility index (Phi) is 3.01. The number of aliphatic imine (C=N–C) groups is 1. The highest BCUT2D eigenvalue weighted by Crippen LogP contribution is 2.47. The van der Waals surface area contributed by atoms with Gasteiger partial charge in [-0.15, -0.1) is 6.42 Å². The van der Waals surface area contributed by atoms with E-state index in [2.05, 4.69) is 10.9 Å². The highest BCUT2D eigenvalue weighted by atomic mass is 32.2. The van der Waals surface area contributed by atoms with E-state index in [0.29, 0.717) is 11.3 Å². The molecular weight excluding hydrogens is 290 g/mol. The highest BCUT2D eigenvalue weighted by Gasteiger charge is 2.58. The van der Waals surface area contributed by atoms with E-state index in [4.69, 9.17) is 12.2 Å². The van der Waals surface area contributed by atoms with Gasteiger partial charge in [0.2, 0.25) is 0 Å². The smallest absolute Gasteiger partial charge is 0.266 e. The van der Waals surface area contributed by atoms with E-state index in [-0.39, 0.29) is 11.7 Å². The van der Waals surface area contributed by atoms with Gasteiger partial charge >= 0.3 is 0 Å². The minimum absolute atomic E-state index is 0.0140. The van der Waals surface area contributed by atoms with Gasteiger partial charge in [-0.1, -0.05) is 35.9 Å². The summed E-state index contributed by atoms with van der Waals surface area (Å²) in [5.74, 6) is 1.13. The van der Waals surface area contributed by atoms with Crippen LogP contribution in [-0.4, -0.2) is 33.9 Å². The number of benzene rings is 1. The van der Waals surface area contributed by atoms with Crippen LogP contribution in [0.2, 0.25) is 0 Å². The molecule has 106 valence electrons. The average molecular weight is 301 g/mol. The number of hydrogen-bond acceptors (Lipinski definition) is 5. The summed E-state index contributed by atoms with van der Waals surface area (Å²) in [4.78, 5) is 29.4. The number of fused-ring (bicyclic) bond motifs is 1. The van der Waals surface area contributed by atoms with Crippen LogP contribution in [0.15, 0.2) is 29.3 Å². The number of aliphatic hydroxyl groups is 1. The number of anilines is 1.